The summed E-state index contributed by atoms with van der Waals surface area (Å²) in [5.74, 6) is 1.68. The molecule has 5 nitrogen and oxygen atoms in total. The van der Waals surface area contributed by atoms with Gasteiger partial charge in [0.05, 0.1) is 6.54 Å². The minimum absolute atomic E-state index is 0.147. The van der Waals surface area contributed by atoms with Gasteiger partial charge in [0.1, 0.15) is 0 Å². The molecule has 1 saturated heterocycles. The molecule has 5 heteroatoms. The number of hydrogen-bond donors (Lipinski definition) is 0. The standard InChI is InChI=1S/C12H14N2O3/c1-13-4-5-14(7-12(13)15)9-2-3-10-11(6-9)17-8-16-10/h2-3,6H,4-5,7-8H2,1H3. The van der Waals surface area contributed by atoms with Gasteiger partial charge in [0, 0.05) is 31.9 Å². The second kappa shape index (κ2) is 3.84. The lowest BCUT2D eigenvalue weighted by Gasteiger charge is -2.33. The minimum atomic E-state index is 0.147. The van der Waals surface area contributed by atoms with Crippen LogP contribution in [0.25, 0.3) is 0 Å². The highest BCUT2D eigenvalue weighted by molar-refractivity contribution is 5.82. The van der Waals surface area contributed by atoms with E-state index in [1.165, 1.54) is 0 Å². The molecular formula is C12H14N2O3. The van der Waals surface area contributed by atoms with E-state index in [0.717, 1.165) is 30.3 Å². The minimum Gasteiger partial charge on any atom is -0.454 e. The first kappa shape index (κ1) is 10.3. The number of carbonyl (C=O) groups is 1. The molecule has 0 spiro atoms. The molecule has 1 aromatic carbocycles. The van der Waals surface area contributed by atoms with Crippen LogP contribution in [0.15, 0.2) is 18.2 Å². The molecule has 0 aromatic heterocycles. The summed E-state index contributed by atoms with van der Waals surface area (Å²) in [6, 6.07) is 5.79. The molecule has 90 valence electrons. The Kier molecular flexibility index (Phi) is 2.31. The van der Waals surface area contributed by atoms with E-state index >= 15 is 0 Å². The molecule has 0 unspecified atom stereocenters. The van der Waals surface area contributed by atoms with Crippen molar-refractivity contribution in [3.63, 3.8) is 0 Å². The Morgan fingerprint density at radius 1 is 1.18 bits per heavy atom. The number of ether oxygens (including phenoxy) is 2. The van der Waals surface area contributed by atoms with Gasteiger partial charge < -0.3 is 19.3 Å². The zero-order valence-corrected chi connectivity index (χ0v) is 9.68. The molecule has 17 heavy (non-hydrogen) atoms. The first-order valence-electron chi connectivity index (χ1n) is 5.62. The van der Waals surface area contributed by atoms with Crippen molar-refractivity contribution in [2.45, 2.75) is 0 Å². The van der Waals surface area contributed by atoms with E-state index in [-0.39, 0.29) is 12.7 Å². The summed E-state index contributed by atoms with van der Waals surface area (Å²) in [5.41, 5.74) is 1.01. The first-order valence-corrected chi connectivity index (χ1v) is 5.62. The first-order chi connectivity index (χ1) is 8.24. The fourth-order valence-electron chi connectivity index (χ4n) is 2.06. The number of likely N-dealkylation sites (N-methyl/N-ethyl adjacent to an activating group) is 1. The van der Waals surface area contributed by atoms with Crippen molar-refractivity contribution in [3.05, 3.63) is 18.2 Å². The van der Waals surface area contributed by atoms with Crippen LogP contribution in [0, 0.1) is 0 Å². The van der Waals surface area contributed by atoms with E-state index in [2.05, 4.69) is 4.90 Å². The van der Waals surface area contributed by atoms with Crippen LogP contribution in [-0.2, 0) is 4.79 Å². The number of piperazine rings is 1. The van der Waals surface area contributed by atoms with Crippen LogP contribution in [-0.4, -0.2) is 44.3 Å². The van der Waals surface area contributed by atoms with E-state index in [0.29, 0.717) is 6.54 Å². The molecule has 3 rings (SSSR count). The number of benzene rings is 1. The topological polar surface area (TPSA) is 42.0 Å². The Labute approximate surface area is 99.5 Å². The summed E-state index contributed by atoms with van der Waals surface area (Å²) >= 11 is 0. The highest BCUT2D eigenvalue weighted by Crippen LogP contribution is 2.35. The Morgan fingerprint density at radius 3 is 2.82 bits per heavy atom. The Morgan fingerprint density at radius 2 is 2.00 bits per heavy atom. The van der Waals surface area contributed by atoms with Crippen LogP contribution in [0.3, 0.4) is 0 Å². The zero-order valence-electron chi connectivity index (χ0n) is 9.68. The summed E-state index contributed by atoms with van der Waals surface area (Å²) in [5, 5.41) is 0. The maximum atomic E-state index is 11.6. The van der Waals surface area contributed by atoms with E-state index in [9.17, 15) is 4.79 Å². The summed E-state index contributed by atoms with van der Waals surface area (Å²) in [6.45, 7) is 2.31. The highest BCUT2D eigenvalue weighted by Gasteiger charge is 2.23. The van der Waals surface area contributed by atoms with Crippen molar-refractivity contribution in [1.82, 2.24) is 4.90 Å². The molecule has 0 atom stereocenters. The average molecular weight is 234 g/mol. The fraction of sp³-hybridized carbons (Fsp3) is 0.417. The van der Waals surface area contributed by atoms with Gasteiger partial charge in [0.25, 0.3) is 0 Å². The molecule has 1 aromatic rings. The van der Waals surface area contributed by atoms with Crippen molar-refractivity contribution < 1.29 is 14.3 Å². The Bertz CT molecular complexity index is 461. The third kappa shape index (κ3) is 1.77. The molecule has 2 aliphatic rings. The van der Waals surface area contributed by atoms with Crippen LogP contribution >= 0.6 is 0 Å². The molecule has 0 saturated carbocycles. The molecular weight excluding hydrogens is 220 g/mol. The summed E-state index contributed by atoms with van der Waals surface area (Å²) in [4.78, 5) is 15.5. The molecule has 0 aliphatic carbocycles. The van der Waals surface area contributed by atoms with Gasteiger partial charge in [-0.15, -0.1) is 0 Å². The summed E-state index contributed by atoms with van der Waals surface area (Å²) in [7, 11) is 1.83. The van der Waals surface area contributed by atoms with Gasteiger partial charge in [0.15, 0.2) is 11.5 Å². The van der Waals surface area contributed by atoms with Crippen LogP contribution in [0.1, 0.15) is 0 Å². The van der Waals surface area contributed by atoms with Crippen molar-refractivity contribution in [2.75, 3.05) is 38.4 Å². The molecule has 0 N–H and O–H groups in total. The van der Waals surface area contributed by atoms with Gasteiger partial charge in [-0.3, -0.25) is 4.79 Å². The number of rotatable bonds is 1. The maximum Gasteiger partial charge on any atom is 0.241 e. The number of fused-ring (bicyclic) bond motifs is 1. The lowest BCUT2D eigenvalue weighted by atomic mass is 10.2. The lowest BCUT2D eigenvalue weighted by molar-refractivity contribution is -0.129. The smallest absolute Gasteiger partial charge is 0.241 e. The molecule has 1 amide bonds. The van der Waals surface area contributed by atoms with E-state index in [4.69, 9.17) is 9.47 Å². The van der Waals surface area contributed by atoms with Crippen molar-refractivity contribution in [2.24, 2.45) is 0 Å². The zero-order chi connectivity index (χ0) is 11.8. The van der Waals surface area contributed by atoms with E-state index in [1.54, 1.807) is 4.90 Å². The third-order valence-electron chi connectivity index (χ3n) is 3.18. The van der Waals surface area contributed by atoms with Crippen molar-refractivity contribution in [1.29, 1.82) is 0 Å². The second-order valence-corrected chi connectivity index (χ2v) is 4.27. The molecule has 2 aliphatic heterocycles. The van der Waals surface area contributed by atoms with Crippen LogP contribution in [0.4, 0.5) is 5.69 Å². The van der Waals surface area contributed by atoms with Gasteiger partial charge in [-0.05, 0) is 12.1 Å². The largest absolute Gasteiger partial charge is 0.454 e. The number of anilines is 1. The van der Waals surface area contributed by atoms with E-state index in [1.807, 2.05) is 25.2 Å². The monoisotopic (exact) mass is 234 g/mol. The Balaban J connectivity index is 1.82. The average Bonchev–Trinajstić information content (AvgIpc) is 2.79. The normalized spacial score (nSPS) is 18.8. The Hall–Kier alpha value is -1.91. The van der Waals surface area contributed by atoms with Crippen molar-refractivity contribution >= 4 is 11.6 Å². The van der Waals surface area contributed by atoms with Crippen LogP contribution < -0.4 is 14.4 Å². The predicted octanol–water partition coefficient (Wildman–Crippen LogP) is 0.694. The second-order valence-electron chi connectivity index (χ2n) is 4.27. The van der Waals surface area contributed by atoms with Gasteiger partial charge in [0.2, 0.25) is 12.7 Å². The molecule has 0 radical (unpaired) electrons. The number of hydrogen-bond acceptors (Lipinski definition) is 4. The SMILES string of the molecule is CN1CCN(c2ccc3c(c2)OCO3)CC1=O. The highest BCUT2D eigenvalue weighted by atomic mass is 16.7. The quantitative estimate of drug-likeness (QED) is 0.717. The third-order valence-corrected chi connectivity index (χ3v) is 3.18. The van der Waals surface area contributed by atoms with Crippen LogP contribution in [0.2, 0.25) is 0 Å². The van der Waals surface area contributed by atoms with Gasteiger partial charge >= 0.3 is 0 Å². The van der Waals surface area contributed by atoms with Gasteiger partial charge in [-0.2, -0.15) is 0 Å². The molecule has 1 fully saturated rings. The van der Waals surface area contributed by atoms with Crippen LogP contribution in [0.5, 0.6) is 11.5 Å². The van der Waals surface area contributed by atoms with Gasteiger partial charge in [-0.1, -0.05) is 0 Å². The predicted molar refractivity (Wildman–Crippen MR) is 62.4 cm³/mol. The molecule has 2 heterocycles. The lowest BCUT2D eigenvalue weighted by Crippen LogP contribution is -2.48. The number of amides is 1. The van der Waals surface area contributed by atoms with E-state index < -0.39 is 0 Å². The molecule has 0 bridgehead atoms. The van der Waals surface area contributed by atoms with Gasteiger partial charge in [-0.25, -0.2) is 0 Å². The number of nitrogens with zero attached hydrogens (tertiary/aromatic N) is 2. The maximum absolute atomic E-state index is 11.6. The summed E-state index contributed by atoms with van der Waals surface area (Å²) < 4.78 is 10.6. The number of carbonyl (C=O) groups excluding carboxylic acids is 1. The summed E-state index contributed by atoms with van der Waals surface area (Å²) in [6.07, 6.45) is 0. The van der Waals surface area contributed by atoms with Crippen molar-refractivity contribution in [3.8, 4) is 11.5 Å². The fourth-order valence-corrected chi connectivity index (χ4v) is 2.06.